The van der Waals surface area contributed by atoms with Crippen LogP contribution in [0.2, 0.25) is 0 Å². The summed E-state index contributed by atoms with van der Waals surface area (Å²) in [6.07, 6.45) is 1.15. The topological polar surface area (TPSA) is 209 Å². The Hall–Kier alpha value is -9.48. The Kier molecular flexibility index (Phi) is 21.0. The van der Waals surface area contributed by atoms with Crippen molar-refractivity contribution in [3.05, 3.63) is 266 Å². The Balaban J connectivity index is 0.000000160. The number of benzene rings is 8. The van der Waals surface area contributed by atoms with Gasteiger partial charge in [-0.3, -0.25) is 32.8 Å². The zero-order chi connectivity index (χ0) is 71.0. The van der Waals surface area contributed by atoms with E-state index in [-0.39, 0.29) is 69.6 Å². The van der Waals surface area contributed by atoms with Crippen LogP contribution in [0.1, 0.15) is 5.56 Å². The first-order valence-electron chi connectivity index (χ1n) is 27.2. The summed E-state index contributed by atoms with van der Waals surface area (Å²) in [5.74, 6) is -19.2. The van der Waals surface area contributed by atoms with E-state index in [1.807, 2.05) is 30.3 Å². The zero-order valence-electron chi connectivity index (χ0n) is 49.3. The summed E-state index contributed by atoms with van der Waals surface area (Å²) in [6.45, 7) is 0. The van der Waals surface area contributed by atoms with Gasteiger partial charge in [0.05, 0.1) is 68.4 Å². The molecule has 0 unspecified atom stereocenters. The molecule has 0 spiro atoms. The second kappa shape index (κ2) is 28.9. The number of ether oxygens (including phenoxy) is 3. The van der Waals surface area contributed by atoms with Crippen LogP contribution in [-0.4, -0.2) is 57.0 Å². The number of aromatic nitrogens is 4. The van der Waals surface area contributed by atoms with Crippen molar-refractivity contribution in [1.82, 2.24) is 18.9 Å². The van der Waals surface area contributed by atoms with Crippen LogP contribution in [0.4, 0.5) is 54.1 Å². The van der Waals surface area contributed by atoms with Gasteiger partial charge in [-0.15, -0.1) is 11.8 Å². The quantitative estimate of drug-likeness (QED) is 0.0333. The first kappa shape index (κ1) is 71.3. The Morgan fingerprint density at radius 1 is 0.469 bits per heavy atom. The third kappa shape index (κ3) is 14.4. The van der Waals surface area contributed by atoms with E-state index in [4.69, 9.17) is 14.2 Å². The molecule has 0 aliphatic carbocycles. The lowest BCUT2D eigenvalue weighted by Gasteiger charge is -2.16. The standard InChI is InChI=1S/C23H16BrF2NO2S.C22H9BrF7NO5S.C19H12BrF2N3O5S/c1-29-21-10-16(24)17(25)11-20(21)27-19-12-18(26)22(9-15(19)7-8-23(27)28)30-13-14-5-3-2-4-6-14;1-35-14-5-9(23)10(24)6-13(14)31-12-7-11(25)15(4-8(12)2-3-16(31)32)37(33,34)36-22-20(29)18(27)17(26)19(28)21(22)30;1-29-16-7-11(20)12(21)8-15(16)25-14-9-13(22)17(6-10(14)2-3-19(25)26)31(27,28)24-18-4-5-30-23-18/h2-12H,13H2,1H3;2-7H,1H3;2-9H,1H3,(H,23,24). The molecule has 0 bridgehead atoms. The molecule has 17 nitrogen and oxygen atoms in total. The third-order valence-electron chi connectivity index (χ3n) is 14.1. The summed E-state index contributed by atoms with van der Waals surface area (Å²) in [4.78, 5) is 36.3. The van der Waals surface area contributed by atoms with Gasteiger partial charge in [0, 0.05) is 81.4 Å². The number of thioether (sulfide) groups is 1. The predicted molar refractivity (Wildman–Crippen MR) is 348 cm³/mol. The Bertz CT molecular complexity index is 5600. The van der Waals surface area contributed by atoms with E-state index in [0.29, 0.717) is 39.4 Å². The molecule has 506 valence electrons. The van der Waals surface area contributed by atoms with Gasteiger partial charge < -0.3 is 22.9 Å². The molecule has 34 heteroatoms. The minimum atomic E-state index is -5.53. The number of fused-ring (bicyclic) bond motifs is 3. The van der Waals surface area contributed by atoms with Crippen molar-refractivity contribution in [2.45, 2.75) is 20.4 Å². The maximum Gasteiger partial charge on any atom is 0.342 e. The molecule has 0 saturated heterocycles. The van der Waals surface area contributed by atoms with Gasteiger partial charge in [0.1, 0.15) is 68.2 Å². The maximum absolute atomic E-state index is 15.0. The third-order valence-corrected chi connectivity index (χ3v) is 19.6. The summed E-state index contributed by atoms with van der Waals surface area (Å²) in [6, 6.07) is 31.7. The van der Waals surface area contributed by atoms with E-state index >= 15 is 4.39 Å². The van der Waals surface area contributed by atoms with Crippen molar-refractivity contribution in [2.24, 2.45) is 0 Å². The highest BCUT2D eigenvalue weighted by atomic mass is 79.9. The summed E-state index contributed by atoms with van der Waals surface area (Å²) < 4.78 is 236. The molecule has 0 amide bonds. The van der Waals surface area contributed by atoms with Gasteiger partial charge in [0.2, 0.25) is 34.8 Å². The van der Waals surface area contributed by atoms with Gasteiger partial charge in [0.25, 0.3) is 26.7 Å². The molecule has 4 heterocycles. The molecule has 0 aliphatic rings. The van der Waals surface area contributed by atoms with Crippen molar-refractivity contribution in [2.75, 3.05) is 26.1 Å². The van der Waals surface area contributed by atoms with Gasteiger partial charge in [-0.25, -0.2) is 47.9 Å². The SMILES string of the molecule is COc1cc(Br)c(F)cc1-n1c(=O)ccc2cc(S(=O)(=O)Nc3ccon3)c(F)cc21.COc1cc(Br)c(F)cc1-n1c(=O)ccc2cc(S(=O)(=O)Oc3c(F)c(F)c(F)c(F)c3F)c(F)cc21.COc1cc(Br)c(F)cc1-n1c(=O)ccc2cc(SCc3ccccc3)c(F)cc21. The predicted octanol–water partition coefficient (Wildman–Crippen LogP) is 15.7. The number of sulfonamides is 1. The molecule has 0 radical (unpaired) electrons. The van der Waals surface area contributed by atoms with Crippen LogP contribution in [0.3, 0.4) is 0 Å². The summed E-state index contributed by atoms with van der Waals surface area (Å²) >= 11 is 10.5. The average molecular weight is 1610 g/mol. The lowest BCUT2D eigenvalue weighted by molar-refractivity contribution is 0.346. The fourth-order valence-corrected chi connectivity index (χ4v) is 13.6. The normalized spacial score (nSPS) is 11.5. The van der Waals surface area contributed by atoms with Crippen molar-refractivity contribution in [3.63, 3.8) is 0 Å². The number of methoxy groups -OCH3 is 3. The number of rotatable bonds is 15. The summed E-state index contributed by atoms with van der Waals surface area (Å²) in [5, 5.41) is 4.14. The number of pyridine rings is 3. The van der Waals surface area contributed by atoms with E-state index in [1.54, 1.807) is 12.1 Å². The Morgan fingerprint density at radius 2 is 0.867 bits per heavy atom. The summed E-state index contributed by atoms with van der Waals surface area (Å²) in [5.41, 5.74) is -0.620. The first-order valence-corrected chi connectivity index (χ1v) is 33.4. The Morgan fingerprint density at radius 3 is 1.29 bits per heavy atom. The van der Waals surface area contributed by atoms with Crippen LogP contribution in [0.25, 0.3) is 49.8 Å². The van der Waals surface area contributed by atoms with E-state index in [1.165, 1.54) is 86.2 Å². The van der Waals surface area contributed by atoms with Crippen LogP contribution in [0, 0.1) is 64.0 Å². The molecule has 0 fully saturated rings. The second-order valence-corrected chi connectivity index (χ2v) is 26.8. The molecule has 98 heavy (non-hydrogen) atoms. The fourth-order valence-electron chi connectivity index (χ4n) is 9.55. The largest absolute Gasteiger partial charge is 0.495 e. The number of hydrogen-bond donors (Lipinski definition) is 1. The number of nitrogens with one attached hydrogen (secondary N) is 1. The van der Waals surface area contributed by atoms with Gasteiger partial charge in [-0.1, -0.05) is 35.5 Å². The molecule has 4 aromatic heterocycles. The minimum Gasteiger partial charge on any atom is -0.495 e. The van der Waals surface area contributed by atoms with Crippen molar-refractivity contribution >= 4 is 118 Å². The number of anilines is 1. The minimum absolute atomic E-state index is 0.0189. The lowest BCUT2D eigenvalue weighted by Crippen LogP contribution is -2.20. The van der Waals surface area contributed by atoms with Crippen LogP contribution < -0.4 is 39.8 Å². The van der Waals surface area contributed by atoms with Crippen molar-refractivity contribution in [3.8, 4) is 40.1 Å². The highest BCUT2D eigenvalue weighted by Gasteiger charge is 2.33. The highest BCUT2D eigenvalue weighted by molar-refractivity contribution is 9.11. The second-order valence-electron chi connectivity index (χ2n) is 20.1. The van der Waals surface area contributed by atoms with Gasteiger partial charge in [0.15, 0.2) is 5.82 Å². The zero-order valence-corrected chi connectivity index (χ0v) is 56.6. The van der Waals surface area contributed by atoms with Crippen LogP contribution in [-0.2, 0) is 25.9 Å². The first-order chi connectivity index (χ1) is 46.5. The average Bonchev–Trinajstić information content (AvgIpc) is 0.767. The Labute approximate surface area is 573 Å². The van der Waals surface area contributed by atoms with E-state index < -0.39 is 116 Å². The molecule has 0 atom stereocenters. The number of nitrogens with zero attached hydrogens (tertiary/aromatic N) is 4. The van der Waals surface area contributed by atoms with Crippen molar-refractivity contribution in [1.29, 1.82) is 0 Å². The smallest absolute Gasteiger partial charge is 0.342 e. The van der Waals surface area contributed by atoms with Crippen molar-refractivity contribution < 1.29 is 88.0 Å². The molecule has 0 saturated carbocycles. The number of hydrogen-bond acceptors (Lipinski definition) is 14. The van der Waals surface area contributed by atoms with Crippen LogP contribution in [0.5, 0.6) is 23.0 Å². The van der Waals surface area contributed by atoms with E-state index in [2.05, 4.69) is 66.4 Å². The van der Waals surface area contributed by atoms with Gasteiger partial charge >= 0.3 is 10.1 Å². The molecule has 12 rings (SSSR count). The van der Waals surface area contributed by atoms with Gasteiger partial charge in [-0.05, 0) is 114 Å². The lowest BCUT2D eigenvalue weighted by atomic mass is 10.2. The molecule has 1 N–H and O–H groups in total. The molecular formula is C64H37Br3F11N5O12S3. The summed E-state index contributed by atoms with van der Waals surface area (Å²) in [7, 11) is -5.90. The van der Waals surface area contributed by atoms with E-state index in [9.17, 15) is 75.1 Å². The fraction of sp³-hybridized carbons (Fsp3) is 0.0625. The number of halogens is 14. The maximum atomic E-state index is 15.0. The van der Waals surface area contributed by atoms with E-state index in [0.717, 1.165) is 63.4 Å². The molecule has 0 aliphatic heterocycles. The highest BCUT2D eigenvalue weighted by Crippen LogP contribution is 2.38. The monoisotopic (exact) mass is 1610 g/mol. The molecular weight excluding hydrogens is 1580 g/mol. The molecule has 8 aromatic carbocycles. The van der Waals surface area contributed by atoms with Crippen LogP contribution in [0.15, 0.2) is 199 Å². The van der Waals surface area contributed by atoms with Gasteiger partial charge in [-0.2, -0.15) is 17.2 Å². The molecule has 12 aromatic rings. The van der Waals surface area contributed by atoms with Crippen LogP contribution >= 0.6 is 59.6 Å².